The number of anilines is 1. The van der Waals surface area contributed by atoms with Crippen LogP contribution in [0.3, 0.4) is 0 Å². The summed E-state index contributed by atoms with van der Waals surface area (Å²) in [7, 11) is 0. The molecule has 0 radical (unpaired) electrons. The molecule has 0 saturated carbocycles. The van der Waals surface area contributed by atoms with E-state index in [-0.39, 0.29) is 17.7 Å². The fourth-order valence-corrected chi connectivity index (χ4v) is 2.10. The van der Waals surface area contributed by atoms with Crippen molar-refractivity contribution in [3.8, 4) is 0 Å². The molecule has 2 aromatic carbocycles. The third-order valence-electron chi connectivity index (χ3n) is 3.22. The minimum absolute atomic E-state index is 0.0104. The molecule has 0 heterocycles. The summed E-state index contributed by atoms with van der Waals surface area (Å²) < 4.78 is 52.1. The maximum atomic E-state index is 13.3. The highest BCUT2D eigenvalue weighted by Gasteiger charge is 2.32. The van der Waals surface area contributed by atoms with E-state index in [4.69, 9.17) is 5.73 Å². The fraction of sp³-hybridized carbons (Fsp3) is 0.200. The van der Waals surface area contributed by atoms with E-state index in [9.17, 15) is 17.6 Å². The molecule has 2 rings (SSSR count). The van der Waals surface area contributed by atoms with Crippen molar-refractivity contribution in [1.82, 2.24) is 0 Å². The van der Waals surface area contributed by atoms with Gasteiger partial charge in [0.2, 0.25) is 0 Å². The molecule has 0 amide bonds. The van der Waals surface area contributed by atoms with Gasteiger partial charge in [-0.25, -0.2) is 4.39 Å². The lowest BCUT2D eigenvalue weighted by atomic mass is 9.96. The van der Waals surface area contributed by atoms with Crippen LogP contribution in [0.5, 0.6) is 0 Å². The van der Waals surface area contributed by atoms with Crippen LogP contribution in [0, 0.1) is 12.7 Å². The van der Waals surface area contributed by atoms with Crippen molar-refractivity contribution in [3.05, 3.63) is 64.5 Å². The maximum Gasteiger partial charge on any atom is 0.416 e. The quantitative estimate of drug-likeness (QED) is 0.644. The molecule has 2 N–H and O–H groups in total. The average Bonchev–Trinajstić information content (AvgIpc) is 2.34. The highest BCUT2D eigenvalue weighted by molar-refractivity contribution is 5.52. The minimum atomic E-state index is -4.43. The largest absolute Gasteiger partial charge is 0.416 e. The molecule has 20 heavy (non-hydrogen) atoms. The molecule has 106 valence electrons. The van der Waals surface area contributed by atoms with E-state index in [1.54, 1.807) is 6.92 Å². The number of alkyl halides is 3. The van der Waals surface area contributed by atoms with Gasteiger partial charge in [0, 0.05) is 5.69 Å². The topological polar surface area (TPSA) is 26.0 Å². The molecule has 0 bridgehead atoms. The number of halogens is 4. The Hall–Kier alpha value is -2.04. The zero-order chi connectivity index (χ0) is 14.9. The summed E-state index contributed by atoms with van der Waals surface area (Å²) in [5.41, 5.74) is 6.33. The Balaban J connectivity index is 2.46. The molecule has 2 aromatic rings. The van der Waals surface area contributed by atoms with Crippen LogP contribution in [0.15, 0.2) is 36.4 Å². The molecule has 0 unspecified atom stereocenters. The third-order valence-corrected chi connectivity index (χ3v) is 3.22. The van der Waals surface area contributed by atoms with Crippen LogP contribution in [0.25, 0.3) is 0 Å². The second-order valence-electron chi connectivity index (χ2n) is 4.61. The van der Waals surface area contributed by atoms with Gasteiger partial charge < -0.3 is 5.73 Å². The van der Waals surface area contributed by atoms with Gasteiger partial charge in [0.15, 0.2) is 0 Å². The van der Waals surface area contributed by atoms with E-state index >= 15 is 0 Å². The van der Waals surface area contributed by atoms with E-state index in [0.717, 1.165) is 12.1 Å². The van der Waals surface area contributed by atoms with Crippen molar-refractivity contribution in [2.45, 2.75) is 19.5 Å². The maximum absolute atomic E-state index is 13.3. The summed E-state index contributed by atoms with van der Waals surface area (Å²) in [6, 6.07) is 7.66. The first-order chi connectivity index (χ1) is 9.29. The fourth-order valence-electron chi connectivity index (χ4n) is 2.10. The van der Waals surface area contributed by atoms with Crippen LogP contribution in [0.1, 0.15) is 22.3 Å². The summed E-state index contributed by atoms with van der Waals surface area (Å²) in [6.07, 6.45) is -4.44. The van der Waals surface area contributed by atoms with Crippen molar-refractivity contribution in [3.63, 3.8) is 0 Å². The number of hydrogen-bond donors (Lipinski definition) is 1. The standard InChI is InChI=1S/C15H13F4N/c1-9-11(7-12(16)8-14(9)20)6-10-4-2-3-5-13(10)15(17,18)19/h2-5,7-8H,6,20H2,1H3. The van der Waals surface area contributed by atoms with Gasteiger partial charge >= 0.3 is 6.18 Å². The van der Waals surface area contributed by atoms with Gasteiger partial charge in [0.1, 0.15) is 5.82 Å². The molecule has 1 nitrogen and oxygen atoms in total. The molecule has 0 spiro atoms. The highest BCUT2D eigenvalue weighted by atomic mass is 19.4. The van der Waals surface area contributed by atoms with Crippen molar-refractivity contribution in [2.75, 3.05) is 5.73 Å². The Morgan fingerprint density at radius 3 is 2.35 bits per heavy atom. The van der Waals surface area contributed by atoms with Crippen molar-refractivity contribution in [1.29, 1.82) is 0 Å². The molecular formula is C15H13F4N. The van der Waals surface area contributed by atoms with E-state index in [2.05, 4.69) is 0 Å². The Bertz CT molecular complexity index is 632. The van der Waals surface area contributed by atoms with Crippen LogP contribution >= 0.6 is 0 Å². The zero-order valence-corrected chi connectivity index (χ0v) is 10.8. The summed E-state index contributed by atoms with van der Waals surface area (Å²) in [4.78, 5) is 0. The molecule has 0 aromatic heterocycles. The lowest BCUT2D eigenvalue weighted by molar-refractivity contribution is -0.138. The minimum Gasteiger partial charge on any atom is -0.398 e. The van der Waals surface area contributed by atoms with Crippen LogP contribution in [-0.4, -0.2) is 0 Å². The zero-order valence-electron chi connectivity index (χ0n) is 10.8. The number of nitrogen functional groups attached to an aromatic ring is 1. The van der Waals surface area contributed by atoms with Crippen molar-refractivity contribution in [2.24, 2.45) is 0 Å². The molecule has 5 heteroatoms. The number of nitrogens with two attached hydrogens (primary N) is 1. The van der Waals surface area contributed by atoms with Gasteiger partial charge in [-0.1, -0.05) is 18.2 Å². The summed E-state index contributed by atoms with van der Waals surface area (Å²) in [5, 5.41) is 0. The van der Waals surface area contributed by atoms with Gasteiger partial charge in [0.05, 0.1) is 5.56 Å². The van der Waals surface area contributed by atoms with E-state index in [1.807, 2.05) is 0 Å². The van der Waals surface area contributed by atoms with Gasteiger partial charge in [-0.3, -0.25) is 0 Å². The smallest absolute Gasteiger partial charge is 0.398 e. The molecule has 0 aliphatic rings. The summed E-state index contributed by atoms with van der Waals surface area (Å²) in [5.74, 6) is -0.549. The molecule has 0 atom stereocenters. The monoisotopic (exact) mass is 283 g/mol. The molecule has 0 aliphatic carbocycles. The second-order valence-corrected chi connectivity index (χ2v) is 4.61. The van der Waals surface area contributed by atoms with Crippen LogP contribution in [-0.2, 0) is 12.6 Å². The Labute approximate surface area is 114 Å². The molecule has 0 fully saturated rings. The predicted molar refractivity (Wildman–Crippen MR) is 69.8 cm³/mol. The van der Waals surface area contributed by atoms with E-state index in [0.29, 0.717) is 11.1 Å². The SMILES string of the molecule is Cc1c(N)cc(F)cc1Cc1ccccc1C(F)(F)F. The van der Waals surface area contributed by atoms with Gasteiger partial charge in [0.25, 0.3) is 0 Å². The van der Waals surface area contributed by atoms with Gasteiger partial charge in [-0.15, -0.1) is 0 Å². The van der Waals surface area contributed by atoms with E-state index < -0.39 is 17.6 Å². The number of benzene rings is 2. The lowest BCUT2D eigenvalue weighted by Crippen LogP contribution is -2.10. The van der Waals surface area contributed by atoms with Gasteiger partial charge in [-0.2, -0.15) is 13.2 Å². The van der Waals surface area contributed by atoms with Gasteiger partial charge in [-0.05, 0) is 48.2 Å². The Morgan fingerprint density at radius 1 is 1.05 bits per heavy atom. The van der Waals surface area contributed by atoms with Crippen LogP contribution in [0.2, 0.25) is 0 Å². The molecular weight excluding hydrogens is 270 g/mol. The predicted octanol–water partition coefficient (Wildman–Crippen LogP) is 4.33. The van der Waals surface area contributed by atoms with Crippen molar-refractivity contribution < 1.29 is 17.6 Å². The second kappa shape index (κ2) is 5.15. The first kappa shape index (κ1) is 14.4. The molecule has 0 aliphatic heterocycles. The molecule has 0 saturated heterocycles. The summed E-state index contributed by atoms with van der Waals surface area (Å²) in [6.45, 7) is 1.67. The van der Waals surface area contributed by atoms with E-state index in [1.165, 1.54) is 24.3 Å². The number of rotatable bonds is 2. The lowest BCUT2D eigenvalue weighted by Gasteiger charge is -2.14. The number of hydrogen-bond acceptors (Lipinski definition) is 1. The Morgan fingerprint density at radius 2 is 1.70 bits per heavy atom. The van der Waals surface area contributed by atoms with Crippen LogP contribution < -0.4 is 5.73 Å². The first-order valence-corrected chi connectivity index (χ1v) is 5.98. The Kier molecular flexibility index (Phi) is 3.70. The third kappa shape index (κ3) is 2.92. The summed E-state index contributed by atoms with van der Waals surface area (Å²) >= 11 is 0. The first-order valence-electron chi connectivity index (χ1n) is 5.98. The normalized spacial score (nSPS) is 11.7. The average molecular weight is 283 g/mol. The van der Waals surface area contributed by atoms with Crippen molar-refractivity contribution >= 4 is 5.69 Å². The highest BCUT2D eigenvalue weighted by Crippen LogP contribution is 2.33. The van der Waals surface area contributed by atoms with Crippen LogP contribution in [0.4, 0.5) is 23.2 Å².